The van der Waals surface area contributed by atoms with Gasteiger partial charge in [0.05, 0.1) is 23.2 Å². The Labute approximate surface area is 242 Å². The number of nitrogens with zero attached hydrogens (tertiary/aromatic N) is 2. The van der Waals surface area contributed by atoms with Crippen LogP contribution >= 0.6 is 43.6 Å². The summed E-state index contributed by atoms with van der Waals surface area (Å²) in [5.41, 5.74) is 6.21. The Kier molecular flexibility index (Phi) is 7.24. The highest BCUT2D eigenvalue weighted by molar-refractivity contribution is 9.10. The summed E-state index contributed by atoms with van der Waals surface area (Å²) in [6.45, 7) is 0. The number of fused-ring (bicyclic) bond motifs is 1. The topological polar surface area (TPSA) is 48.5 Å². The van der Waals surface area contributed by atoms with Crippen LogP contribution in [-0.2, 0) is 4.79 Å². The van der Waals surface area contributed by atoms with E-state index in [2.05, 4.69) is 73.2 Å². The Balaban J connectivity index is 1.31. The molecule has 188 valence electrons. The molecule has 1 aromatic heterocycles. The van der Waals surface area contributed by atoms with E-state index in [0.717, 1.165) is 52.8 Å². The zero-order chi connectivity index (χ0) is 26.1. The monoisotopic (exact) mass is 643 g/mol. The maximum absolute atomic E-state index is 13.8. The normalized spacial score (nSPS) is 15.2. The number of hydrogen-bond donors (Lipinski definition) is 1. The van der Waals surface area contributed by atoms with Gasteiger partial charge in [-0.25, -0.2) is 5.01 Å². The van der Waals surface area contributed by atoms with Gasteiger partial charge in [-0.15, -0.1) is 11.8 Å². The summed E-state index contributed by atoms with van der Waals surface area (Å²) in [7, 11) is 0. The minimum Gasteiger partial charge on any atom is -0.354 e. The molecule has 0 saturated heterocycles. The molecule has 1 aliphatic rings. The molecule has 1 atom stereocenters. The van der Waals surface area contributed by atoms with Crippen molar-refractivity contribution in [1.29, 1.82) is 0 Å². The maximum atomic E-state index is 13.8. The second-order valence-electron chi connectivity index (χ2n) is 9.09. The number of hydrogen-bond acceptors (Lipinski definition) is 3. The van der Waals surface area contributed by atoms with Crippen molar-refractivity contribution in [2.24, 2.45) is 5.10 Å². The van der Waals surface area contributed by atoms with Gasteiger partial charge >= 0.3 is 0 Å². The van der Waals surface area contributed by atoms with E-state index in [1.54, 1.807) is 16.8 Å². The molecule has 0 saturated carbocycles. The summed E-state index contributed by atoms with van der Waals surface area (Å²) in [6.07, 6.45) is 0.669. The largest absolute Gasteiger partial charge is 0.354 e. The van der Waals surface area contributed by atoms with Crippen molar-refractivity contribution in [1.82, 2.24) is 9.99 Å². The molecule has 2 heterocycles. The molecule has 1 amide bonds. The molecule has 1 aliphatic heterocycles. The fourth-order valence-corrected chi connectivity index (χ4v) is 6.35. The number of halogens is 2. The maximum Gasteiger partial charge on any atom is 0.253 e. The van der Waals surface area contributed by atoms with Gasteiger partial charge in [-0.1, -0.05) is 105 Å². The third kappa shape index (κ3) is 5.10. The molecule has 0 radical (unpaired) electrons. The Morgan fingerprint density at radius 1 is 0.842 bits per heavy atom. The molecule has 4 nitrogen and oxygen atoms in total. The Bertz CT molecular complexity index is 1630. The fourth-order valence-electron chi connectivity index (χ4n) is 4.78. The first-order chi connectivity index (χ1) is 18.6. The lowest BCUT2D eigenvalue weighted by Crippen LogP contribution is -2.28. The van der Waals surface area contributed by atoms with Crippen molar-refractivity contribution in [3.8, 4) is 11.3 Å². The highest BCUT2D eigenvalue weighted by Crippen LogP contribution is 2.39. The third-order valence-corrected chi connectivity index (χ3v) is 8.82. The Morgan fingerprint density at radius 3 is 2.24 bits per heavy atom. The summed E-state index contributed by atoms with van der Waals surface area (Å²) >= 11 is 8.60. The van der Waals surface area contributed by atoms with Gasteiger partial charge in [-0.3, -0.25) is 4.79 Å². The Hall–Kier alpha value is -3.13. The summed E-state index contributed by atoms with van der Waals surface area (Å²) in [5.74, 6) is 0.269. The summed E-state index contributed by atoms with van der Waals surface area (Å²) in [4.78, 5) is 18.4. The van der Waals surface area contributed by atoms with Gasteiger partial charge in [0.15, 0.2) is 0 Å². The second kappa shape index (κ2) is 10.9. The predicted octanol–water partition coefficient (Wildman–Crippen LogP) is 8.83. The third-order valence-electron chi connectivity index (χ3n) is 6.66. The minimum absolute atomic E-state index is 0.0145. The average Bonchev–Trinajstić information content (AvgIpc) is 3.56. The van der Waals surface area contributed by atoms with E-state index in [4.69, 9.17) is 5.10 Å². The number of thioether (sulfide) groups is 1. The quantitative estimate of drug-likeness (QED) is 0.188. The van der Waals surface area contributed by atoms with Crippen LogP contribution in [0.5, 0.6) is 0 Å². The number of carbonyl (C=O) groups excluding carboxylic acids is 1. The minimum atomic E-state index is -0.147. The lowest BCUT2D eigenvalue weighted by Gasteiger charge is -2.22. The molecule has 1 N–H and O–H groups in total. The van der Waals surface area contributed by atoms with Crippen molar-refractivity contribution in [2.75, 3.05) is 5.75 Å². The SMILES string of the molecule is O=C(CSc1c(-c2ccccc2)[nH]c2ccccc12)N1N=C(c2ccc(Br)cc2)CC1c1ccc(Br)cc1. The first-order valence-electron chi connectivity index (χ1n) is 12.3. The van der Waals surface area contributed by atoms with Crippen LogP contribution in [0.15, 0.2) is 122 Å². The number of hydrazone groups is 1. The molecule has 4 aromatic carbocycles. The smallest absolute Gasteiger partial charge is 0.253 e. The van der Waals surface area contributed by atoms with E-state index in [1.807, 2.05) is 66.7 Å². The molecule has 5 aromatic rings. The van der Waals surface area contributed by atoms with E-state index < -0.39 is 0 Å². The van der Waals surface area contributed by atoms with Crippen LogP contribution in [0.3, 0.4) is 0 Å². The molecule has 0 fully saturated rings. The number of nitrogens with one attached hydrogen (secondary N) is 1. The predicted molar refractivity (Wildman–Crippen MR) is 163 cm³/mol. The van der Waals surface area contributed by atoms with Gasteiger partial charge in [-0.2, -0.15) is 5.10 Å². The van der Waals surface area contributed by atoms with Gasteiger partial charge in [0, 0.05) is 31.2 Å². The molecule has 0 aliphatic carbocycles. The number of amides is 1. The molecule has 0 spiro atoms. The van der Waals surface area contributed by atoms with Gasteiger partial charge in [0.25, 0.3) is 5.91 Å². The van der Waals surface area contributed by atoms with Crippen molar-refractivity contribution >= 4 is 66.1 Å². The first kappa shape index (κ1) is 25.2. The lowest BCUT2D eigenvalue weighted by atomic mass is 9.98. The van der Waals surface area contributed by atoms with E-state index in [0.29, 0.717) is 6.42 Å². The lowest BCUT2D eigenvalue weighted by molar-refractivity contribution is -0.130. The Morgan fingerprint density at radius 2 is 1.50 bits per heavy atom. The highest BCUT2D eigenvalue weighted by atomic mass is 79.9. The zero-order valence-corrected chi connectivity index (χ0v) is 24.3. The van der Waals surface area contributed by atoms with Crippen LogP contribution in [0.25, 0.3) is 22.2 Å². The van der Waals surface area contributed by atoms with Gasteiger partial charge < -0.3 is 4.98 Å². The zero-order valence-electron chi connectivity index (χ0n) is 20.3. The highest BCUT2D eigenvalue weighted by Gasteiger charge is 2.33. The number of H-pyrrole nitrogens is 1. The summed E-state index contributed by atoms with van der Waals surface area (Å²) < 4.78 is 2.02. The molecule has 0 bridgehead atoms. The number of aromatic amines is 1. The van der Waals surface area contributed by atoms with Crippen molar-refractivity contribution in [3.05, 3.63) is 123 Å². The van der Waals surface area contributed by atoms with E-state index >= 15 is 0 Å². The molecule has 38 heavy (non-hydrogen) atoms. The van der Waals surface area contributed by atoms with Crippen LogP contribution in [0.2, 0.25) is 0 Å². The van der Waals surface area contributed by atoms with Crippen LogP contribution < -0.4 is 0 Å². The van der Waals surface area contributed by atoms with E-state index in [9.17, 15) is 4.79 Å². The van der Waals surface area contributed by atoms with Gasteiger partial charge in [-0.05, 0) is 47.0 Å². The van der Waals surface area contributed by atoms with E-state index in [1.165, 1.54) is 0 Å². The van der Waals surface area contributed by atoms with E-state index in [-0.39, 0.29) is 17.7 Å². The van der Waals surface area contributed by atoms with Crippen LogP contribution in [0.1, 0.15) is 23.6 Å². The molecule has 7 heteroatoms. The van der Waals surface area contributed by atoms with Crippen LogP contribution in [0, 0.1) is 0 Å². The fraction of sp³-hybridized carbons (Fsp3) is 0.0968. The van der Waals surface area contributed by atoms with Crippen LogP contribution in [0.4, 0.5) is 0 Å². The standard InChI is InChI=1S/C31H23Br2N3OS/c32-23-14-10-20(11-15-23)27-18-28(21-12-16-24(33)17-13-21)36(35-27)29(37)19-38-31-25-8-4-5-9-26(25)34-30(31)22-6-2-1-3-7-22/h1-17,28,34H,18-19H2. The molecule has 6 rings (SSSR count). The molecular formula is C31H23Br2N3OS. The average molecular weight is 645 g/mol. The number of aromatic nitrogens is 1. The molecular weight excluding hydrogens is 622 g/mol. The van der Waals surface area contributed by atoms with Gasteiger partial charge in [0.2, 0.25) is 0 Å². The number of para-hydroxylation sites is 1. The van der Waals surface area contributed by atoms with Gasteiger partial charge in [0.1, 0.15) is 0 Å². The van der Waals surface area contributed by atoms with Crippen molar-refractivity contribution in [2.45, 2.75) is 17.4 Å². The van der Waals surface area contributed by atoms with Crippen molar-refractivity contribution < 1.29 is 4.79 Å². The number of rotatable bonds is 6. The van der Waals surface area contributed by atoms with Crippen LogP contribution in [-0.4, -0.2) is 27.4 Å². The summed E-state index contributed by atoms with van der Waals surface area (Å²) in [6, 6.07) is 34.6. The second-order valence-corrected chi connectivity index (χ2v) is 11.9. The first-order valence-corrected chi connectivity index (χ1v) is 14.8. The summed E-state index contributed by atoms with van der Waals surface area (Å²) in [5, 5.41) is 7.67. The number of carbonyl (C=O) groups is 1. The number of benzene rings is 4. The van der Waals surface area contributed by atoms with Crippen molar-refractivity contribution in [3.63, 3.8) is 0 Å². The molecule has 1 unspecified atom stereocenters.